The number of anilines is 2. The lowest BCUT2D eigenvalue weighted by atomic mass is 9.92. The molecular formula is C10H17N3S. The Bertz CT molecular complexity index is 300. The fraction of sp³-hybridized carbons (Fsp3) is 0.700. The van der Waals surface area contributed by atoms with Crippen LogP contribution < -0.4 is 10.6 Å². The van der Waals surface area contributed by atoms with Gasteiger partial charge in [0.05, 0.1) is 0 Å². The van der Waals surface area contributed by atoms with Gasteiger partial charge in [-0.25, -0.2) is 4.98 Å². The quantitative estimate of drug-likeness (QED) is 0.774. The fourth-order valence-electron chi connectivity index (χ4n) is 2.24. The summed E-state index contributed by atoms with van der Waals surface area (Å²) in [4.78, 5) is 6.69. The number of nitrogen functional groups attached to an aromatic ring is 1. The lowest BCUT2D eigenvalue weighted by Crippen LogP contribution is -2.38. The summed E-state index contributed by atoms with van der Waals surface area (Å²) in [7, 11) is 0. The second kappa shape index (κ2) is 3.77. The van der Waals surface area contributed by atoms with Gasteiger partial charge in [-0.3, -0.25) is 0 Å². The molecule has 0 bridgehead atoms. The standard InChI is InChI=1S/C10H17N3S/c1-7-3-8(2)5-13(4-7)10-12-9(11)6-14-10/h6-8H,3-5,11H2,1-2H3/t7-,8+. The van der Waals surface area contributed by atoms with Gasteiger partial charge < -0.3 is 10.6 Å². The number of rotatable bonds is 1. The van der Waals surface area contributed by atoms with Gasteiger partial charge in [0.15, 0.2) is 5.13 Å². The monoisotopic (exact) mass is 211 g/mol. The first-order chi connectivity index (χ1) is 6.65. The maximum atomic E-state index is 5.63. The van der Waals surface area contributed by atoms with Crippen molar-refractivity contribution in [2.45, 2.75) is 20.3 Å². The second-order valence-corrected chi connectivity index (χ2v) is 5.24. The number of hydrogen-bond acceptors (Lipinski definition) is 4. The van der Waals surface area contributed by atoms with Crippen molar-refractivity contribution >= 4 is 22.3 Å². The van der Waals surface area contributed by atoms with E-state index < -0.39 is 0 Å². The Hall–Kier alpha value is -0.770. The SMILES string of the molecule is C[C@@H]1C[C@H](C)CN(c2nc(N)cs2)C1. The second-order valence-electron chi connectivity index (χ2n) is 4.41. The normalized spacial score (nSPS) is 28.0. The van der Waals surface area contributed by atoms with Crippen LogP contribution in [-0.4, -0.2) is 18.1 Å². The summed E-state index contributed by atoms with van der Waals surface area (Å²) in [5.41, 5.74) is 5.63. The largest absolute Gasteiger partial charge is 0.383 e. The van der Waals surface area contributed by atoms with E-state index >= 15 is 0 Å². The number of hydrogen-bond donors (Lipinski definition) is 1. The average Bonchev–Trinajstić information content (AvgIpc) is 2.50. The summed E-state index contributed by atoms with van der Waals surface area (Å²) in [6, 6.07) is 0. The molecule has 1 saturated heterocycles. The number of aromatic nitrogens is 1. The highest BCUT2D eigenvalue weighted by atomic mass is 32.1. The van der Waals surface area contributed by atoms with Gasteiger partial charge in [-0.1, -0.05) is 13.8 Å². The number of piperidine rings is 1. The molecule has 1 fully saturated rings. The van der Waals surface area contributed by atoms with Gasteiger partial charge in [0.25, 0.3) is 0 Å². The van der Waals surface area contributed by atoms with Gasteiger partial charge in [-0.15, -0.1) is 11.3 Å². The van der Waals surface area contributed by atoms with Crippen molar-refractivity contribution in [2.75, 3.05) is 23.7 Å². The van der Waals surface area contributed by atoms with Gasteiger partial charge in [-0.2, -0.15) is 0 Å². The predicted molar refractivity (Wildman–Crippen MR) is 61.7 cm³/mol. The van der Waals surface area contributed by atoms with Crippen LogP contribution in [0.4, 0.5) is 10.9 Å². The molecule has 2 heterocycles. The van der Waals surface area contributed by atoms with E-state index in [2.05, 4.69) is 23.7 Å². The molecule has 3 nitrogen and oxygen atoms in total. The fourth-order valence-corrected chi connectivity index (χ4v) is 2.98. The molecule has 0 unspecified atom stereocenters. The highest BCUT2D eigenvalue weighted by molar-refractivity contribution is 7.14. The summed E-state index contributed by atoms with van der Waals surface area (Å²) in [6.07, 6.45) is 1.33. The minimum Gasteiger partial charge on any atom is -0.383 e. The van der Waals surface area contributed by atoms with Crippen molar-refractivity contribution in [1.82, 2.24) is 4.98 Å². The van der Waals surface area contributed by atoms with Gasteiger partial charge in [0, 0.05) is 18.5 Å². The zero-order chi connectivity index (χ0) is 10.1. The van der Waals surface area contributed by atoms with Crippen LogP contribution in [0.25, 0.3) is 0 Å². The van der Waals surface area contributed by atoms with Gasteiger partial charge in [0.1, 0.15) is 5.82 Å². The number of nitrogens with zero attached hydrogens (tertiary/aromatic N) is 2. The first kappa shape index (κ1) is 9.77. The van der Waals surface area contributed by atoms with Gasteiger partial charge in [0.2, 0.25) is 0 Å². The summed E-state index contributed by atoms with van der Waals surface area (Å²) in [6.45, 7) is 6.85. The van der Waals surface area contributed by atoms with Crippen LogP contribution in [0, 0.1) is 11.8 Å². The van der Waals surface area contributed by atoms with Crippen LogP contribution in [-0.2, 0) is 0 Å². The van der Waals surface area contributed by atoms with Crippen LogP contribution in [0.3, 0.4) is 0 Å². The molecule has 2 atom stereocenters. The minimum absolute atomic E-state index is 0.649. The Morgan fingerprint density at radius 1 is 1.43 bits per heavy atom. The third-order valence-corrected chi connectivity index (χ3v) is 3.57. The zero-order valence-corrected chi connectivity index (χ0v) is 9.55. The van der Waals surface area contributed by atoms with E-state index in [0.717, 1.165) is 30.1 Å². The Morgan fingerprint density at radius 2 is 2.07 bits per heavy atom. The molecular weight excluding hydrogens is 194 g/mol. The van der Waals surface area contributed by atoms with E-state index in [1.165, 1.54) is 6.42 Å². The third kappa shape index (κ3) is 2.00. The van der Waals surface area contributed by atoms with Crippen LogP contribution in [0.1, 0.15) is 20.3 Å². The molecule has 0 aromatic carbocycles. The van der Waals surface area contributed by atoms with Gasteiger partial charge >= 0.3 is 0 Å². The van der Waals surface area contributed by atoms with E-state index in [4.69, 9.17) is 5.73 Å². The molecule has 2 rings (SSSR count). The van der Waals surface area contributed by atoms with Crippen molar-refractivity contribution in [3.05, 3.63) is 5.38 Å². The van der Waals surface area contributed by atoms with Crippen molar-refractivity contribution in [3.63, 3.8) is 0 Å². The Labute approximate surface area is 88.9 Å². The van der Waals surface area contributed by atoms with Crippen LogP contribution >= 0.6 is 11.3 Å². The molecule has 1 aromatic heterocycles. The Morgan fingerprint density at radius 3 is 2.57 bits per heavy atom. The van der Waals surface area contributed by atoms with Crippen molar-refractivity contribution in [2.24, 2.45) is 11.8 Å². The lowest BCUT2D eigenvalue weighted by Gasteiger charge is -2.34. The molecule has 4 heteroatoms. The molecule has 1 aliphatic heterocycles. The Kier molecular flexibility index (Phi) is 2.63. The molecule has 2 N–H and O–H groups in total. The third-order valence-electron chi connectivity index (χ3n) is 2.65. The topological polar surface area (TPSA) is 42.2 Å². The summed E-state index contributed by atoms with van der Waals surface area (Å²) < 4.78 is 0. The van der Waals surface area contributed by atoms with Crippen LogP contribution in [0.2, 0.25) is 0 Å². The highest BCUT2D eigenvalue weighted by Crippen LogP contribution is 2.28. The average molecular weight is 211 g/mol. The number of nitrogens with two attached hydrogens (primary N) is 1. The molecule has 0 radical (unpaired) electrons. The zero-order valence-electron chi connectivity index (χ0n) is 8.73. The lowest BCUT2D eigenvalue weighted by molar-refractivity contribution is 0.356. The molecule has 14 heavy (non-hydrogen) atoms. The first-order valence-corrected chi connectivity index (χ1v) is 5.99. The molecule has 0 aliphatic carbocycles. The number of thiazole rings is 1. The minimum atomic E-state index is 0.649. The Balaban J connectivity index is 2.10. The molecule has 78 valence electrons. The van der Waals surface area contributed by atoms with Gasteiger partial charge in [-0.05, 0) is 18.3 Å². The van der Waals surface area contributed by atoms with Crippen molar-refractivity contribution in [1.29, 1.82) is 0 Å². The van der Waals surface area contributed by atoms with E-state index in [9.17, 15) is 0 Å². The van der Waals surface area contributed by atoms with E-state index in [1.54, 1.807) is 11.3 Å². The predicted octanol–water partition coefficient (Wildman–Crippen LogP) is 2.21. The van der Waals surface area contributed by atoms with Crippen LogP contribution in [0.5, 0.6) is 0 Å². The molecule has 0 amide bonds. The highest BCUT2D eigenvalue weighted by Gasteiger charge is 2.23. The van der Waals surface area contributed by atoms with E-state index in [1.807, 2.05) is 5.38 Å². The summed E-state index contributed by atoms with van der Waals surface area (Å²) in [5.74, 6) is 2.18. The molecule has 1 aliphatic rings. The molecule has 0 spiro atoms. The summed E-state index contributed by atoms with van der Waals surface area (Å²) >= 11 is 1.65. The molecule has 0 saturated carbocycles. The smallest absolute Gasteiger partial charge is 0.187 e. The maximum Gasteiger partial charge on any atom is 0.187 e. The van der Waals surface area contributed by atoms with Crippen LogP contribution in [0.15, 0.2) is 5.38 Å². The van der Waals surface area contributed by atoms with Crippen molar-refractivity contribution in [3.8, 4) is 0 Å². The molecule has 1 aromatic rings. The van der Waals surface area contributed by atoms with Crippen molar-refractivity contribution < 1.29 is 0 Å². The first-order valence-electron chi connectivity index (χ1n) is 5.11. The maximum absolute atomic E-state index is 5.63. The van der Waals surface area contributed by atoms with E-state index in [-0.39, 0.29) is 0 Å². The summed E-state index contributed by atoms with van der Waals surface area (Å²) in [5, 5.41) is 3.00. The van der Waals surface area contributed by atoms with E-state index in [0.29, 0.717) is 5.82 Å².